The van der Waals surface area contributed by atoms with Gasteiger partial charge in [0.1, 0.15) is 5.75 Å². The number of nitro groups is 1. The van der Waals surface area contributed by atoms with E-state index in [1.807, 2.05) is 0 Å². The molecule has 0 saturated heterocycles. The first-order valence-corrected chi connectivity index (χ1v) is 9.61. The molecule has 0 heterocycles. The van der Waals surface area contributed by atoms with Crippen LogP contribution in [0.3, 0.4) is 0 Å². The van der Waals surface area contributed by atoms with Gasteiger partial charge in [-0.05, 0) is 42.5 Å². The van der Waals surface area contributed by atoms with Gasteiger partial charge in [-0.15, -0.1) is 0 Å². The Morgan fingerprint density at radius 3 is 2.25 bits per heavy atom. The zero-order chi connectivity index (χ0) is 23.3. The predicted octanol–water partition coefficient (Wildman–Crippen LogP) is 4.17. The average molecular weight is 434 g/mol. The highest BCUT2D eigenvalue weighted by molar-refractivity contribution is 6.09. The molecule has 32 heavy (non-hydrogen) atoms. The van der Waals surface area contributed by atoms with Crippen LogP contribution in [0, 0.1) is 10.1 Å². The van der Waals surface area contributed by atoms with Crippen molar-refractivity contribution in [3.05, 3.63) is 88.0 Å². The molecule has 0 fully saturated rings. The number of rotatable bonds is 7. The number of anilines is 3. The first kappa shape index (κ1) is 22.3. The number of nitrogens with one attached hydrogen (secondary N) is 2. The number of amides is 2. The van der Waals surface area contributed by atoms with Crippen molar-refractivity contribution in [3.63, 3.8) is 0 Å². The molecule has 0 aliphatic carbocycles. The zero-order valence-corrected chi connectivity index (χ0v) is 17.8. The Morgan fingerprint density at radius 2 is 1.62 bits per heavy atom. The Balaban J connectivity index is 1.76. The van der Waals surface area contributed by atoms with Gasteiger partial charge in [0.25, 0.3) is 17.5 Å². The second-order valence-electron chi connectivity index (χ2n) is 7.04. The van der Waals surface area contributed by atoms with Crippen molar-refractivity contribution < 1.29 is 19.2 Å². The van der Waals surface area contributed by atoms with E-state index in [-0.39, 0.29) is 17.2 Å². The molecule has 164 valence electrons. The number of hydrogen-bond acceptors (Lipinski definition) is 6. The van der Waals surface area contributed by atoms with Crippen LogP contribution in [0.2, 0.25) is 0 Å². The van der Waals surface area contributed by atoms with Crippen molar-refractivity contribution in [1.29, 1.82) is 0 Å². The predicted molar refractivity (Wildman–Crippen MR) is 123 cm³/mol. The number of non-ortho nitro benzene ring substituents is 1. The third-order valence-corrected chi connectivity index (χ3v) is 4.68. The molecule has 3 rings (SSSR count). The summed E-state index contributed by atoms with van der Waals surface area (Å²) >= 11 is 0. The second kappa shape index (κ2) is 9.61. The van der Waals surface area contributed by atoms with E-state index < -0.39 is 10.8 Å². The van der Waals surface area contributed by atoms with E-state index in [9.17, 15) is 19.7 Å². The van der Waals surface area contributed by atoms with Crippen LogP contribution in [-0.2, 0) is 0 Å². The minimum absolute atomic E-state index is 0.169. The van der Waals surface area contributed by atoms with Crippen LogP contribution >= 0.6 is 0 Å². The number of carbonyl (C=O) groups excluding carboxylic acids is 2. The van der Waals surface area contributed by atoms with Crippen LogP contribution in [0.1, 0.15) is 20.7 Å². The quantitative estimate of drug-likeness (QED) is 0.426. The van der Waals surface area contributed by atoms with Gasteiger partial charge in [0.2, 0.25) is 0 Å². The van der Waals surface area contributed by atoms with Crippen molar-refractivity contribution in [3.8, 4) is 5.75 Å². The molecule has 0 aliphatic heterocycles. The molecular formula is C23H22N4O5. The van der Waals surface area contributed by atoms with Crippen LogP contribution < -0.4 is 20.3 Å². The summed E-state index contributed by atoms with van der Waals surface area (Å²) in [7, 11) is 5.01. The van der Waals surface area contributed by atoms with Crippen LogP contribution in [0.4, 0.5) is 22.7 Å². The molecule has 2 amide bonds. The number of ether oxygens (including phenoxy) is 1. The Labute approximate surface area is 184 Å². The van der Waals surface area contributed by atoms with Crippen LogP contribution in [0.25, 0.3) is 0 Å². The summed E-state index contributed by atoms with van der Waals surface area (Å²) in [6.45, 7) is 0. The molecule has 3 aromatic carbocycles. The van der Waals surface area contributed by atoms with Crippen molar-refractivity contribution in [2.24, 2.45) is 0 Å². The van der Waals surface area contributed by atoms with Gasteiger partial charge >= 0.3 is 0 Å². The van der Waals surface area contributed by atoms with Gasteiger partial charge in [-0.2, -0.15) is 0 Å². The highest BCUT2D eigenvalue weighted by atomic mass is 16.6. The smallest absolute Gasteiger partial charge is 0.270 e. The van der Waals surface area contributed by atoms with Gasteiger partial charge in [0.15, 0.2) is 0 Å². The van der Waals surface area contributed by atoms with E-state index in [2.05, 4.69) is 10.6 Å². The lowest BCUT2D eigenvalue weighted by atomic mass is 10.1. The molecule has 0 saturated carbocycles. The maximum Gasteiger partial charge on any atom is 0.270 e. The molecule has 0 atom stereocenters. The number of para-hydroxylation sites is 2. The summed E-state index contributed by atoms with van der Waals surface area (Å²) < 4.78 is 5.23. The average Bonchev–Trinajstić information content (AvgIpc) is 2.79. The van der Waals surface area contributed by atoms with Crippen molar-refractivity contribution in [2.75, 3.05) is 36.7 Å². The SMILES string of the molecule is COc1ccccc1NC(=O)c1ccc(NC(=O)c2cc([N+](=O)[O-])ccc2N(C)C)cc1. The van der Waals surface area contributed by atoms with Crippen LogP contribution in [0.15, 0.2) is 66.7 Å². The lowest BCUT2D eigenvalue weighted by Gasteiger charge is -2.17. The highest BCUT2D eigenvalue weighted by Crippen LogP contribution is 2.26. The Bertz CT molecular complexity index is 1160. The number of hydrogen-bond donors (Lipinski definition) is 2. The lowest BCUT2D eigenvalue weighted by molar-refractivity contribution is -0.384. The Kier molecular flexibility index (Phi) is 6.69. The molecular weight excluding hydrogens is 412 g/mol. The van der Waals surface area contributed by atoms with E-state index in [1.165, 1.54) is 25.3 Å². The molecule has 3 aromatic rings. The molecule has 9 nitrogen and oxygen atoms in total. The number of carbonyl (C=O) groups is 2. The second-order valence-corrected chi connectivity index (χ2v) is 7.04. The summed E-state index contributed by atoms with van der Waals surface area (Å²) in [5.41, 5.74) is 1.91. The minimum atomic E-state index is -0.550. The fraction of sp³-hybridized carbons (Fsp3) is 0.130. The Hall–Kier alpha value is -4.40. The van der Waals surface area contributed by atoms with Crippen LogP contribution in [0.5, 0.6) is 5.75 Å². The van der Waals surface area contributed by atoms with Gasteiger partial charge in [0, 0.05) is 43.2 Å². The van der Waals surface area contributed by atoms with Gasteiger partial charge < -0.3 is 20.3 Å². The van der Waals surface area contributed by atoms with E-state index in [0.29, 0.717) is 28.4 Å². The first-order valence-electron chi connectivity index (χ1n) is 9.61. The summed E-state index contributed by atoms with van der Waals surface area (Å²) in [4.78, 5) is 37.6. The van der Waals surface area contributed by atoms with Gasteiger partial charge in [0.05, 0.1) is 23.3 Å². The number of nitro benzene ring substituents is 1. The molecule has 0 bridgehead atoms. The topological polar surface area (TPSA) is 114 Å². The maximum atomic E-state index is 12.8. The summed E-state index contributed by atoms with van der Waals surface area (Å²) in [6.07, 6.45) is 0. The van der Waals surface area contributed by atoms with Crippen molar-refractivity contribution in [1.82, 2.24) is 0 Å². The first-order chi connectivity index (χ1) is 15.3. The van der Waals surface area contributed by atoms with Crippen LogP contribution in [-0.4, -0.2) is 37.9 Å². The molecule has 0 spiro atoms. The maximum absolute atomic E-state index is 12.8. The third-order valence-electron chi connectivity index (χ3n) is 4.68. The Morgan fingerprint density at radius 1 is 0.938 bits per heavy atom. The lowest BCUT2D eigenvalue weighted by Crippen LogP contribution is -2.19. The van der Waals surface area contributed by atoms with Crippen molar-refractivity contribution in [2.45, 2.75) is 0 Å². The van der Waals surface area contributed by atoms with Gasteiger partial charge in [-0.25, -0.2) is 0 Å². The summed E-state index contributed by atoms with van der Waals surface area (Å²) in [5.74, 6) is -0.289. The van der Waals surface area contributed by atoms with E-state index in [4.69, 9.17) is 4.74 Å². The number of nitrogens with zero attached hydrogens (tertiary/aromatic N) is 2. The molecule has 0 unspecified atom stereocenters. The van der Waals surface area contributed by atoms with Gasteiger partial charge in [-0.1, -0.05) is 12.1 Å². The van der Waals surface area contributed by atoms with E-state index in [1.54, 1.807) is 67.5 Å². The monoisotopic (exact) mass is 434 g/mol. The third kappa shape index (κ3) is 5.01. The summed E-state index contributed by atoms with van der Waals surface area (Å²) in [5, 5.41) is 16.6. The summed E-state index contributed by atoms with van der Waals surface area (Å²) in [6, 6.07) is 17.5. The highest BCUT2D eigenvalue weighted by Gasteiger charge is 2.18. The normalized spacial score (nSPS) is 10.2. The fourth-order valence-corrected chi connectivity index (χ4v) is 3.06. The molecule has 2 N–H and O–H groups in total. The largest absolute Gasteiger partial charge is 0.495 e. The molecule has 0 radical (unpaired) electrons. The minimum Gasteiger partial charge on any atom is -0.495 e. The van der Waals surface area contributed by atoms with Crippen molar-refractivity contribution >= 4 is 34.6 Å². The van der Waals surface area contributed by atoms with Gasteiger partial charge in [-0.3, -0.25) is 19.7 Å². The standard InChI is InChI=1S/C23H22N4O5/c1-26(2)20-13-12-17(27(30)31)14-18(20)23(29)24-16-10-8-15(9-11-16)22(28)25-19-6-4-5-7-21(19)32-3/h4-14H,1-3H3,(H,24,29)(H,25,28). The number of benzene rings is 3. The van der Waals surface area contributed by atoms with E-state index in [0.717, 1.165) is 0 Å². The number of methoxy groups -OCH3 is 1. The zero-order valence-electron chi connectivity index (χ0n) is 17.8. The fourth-order valence-electron chi connectivity index (χ4n) is 3.06. The molecule has 9 heteroatoms. The molecule has 0 aliphatic rings. The molecule has 0 aromatic heterocycles. The van der Waals surface area contributed by atoms with E-state index >= 15 is 0 Å².